The van der Waals surface area contributed by atoms with Gasteiger partial charge in [-0.15, -0.1) is 0 Å². The van der Waals surface area contributed by atoms with Gasteiger partial charge in [0.2, 0.25) is 5.91 Å². The summed E-state index contributed by atoms with van der Waals surface area (Å²) in [6.07, 6.45) is 2.84. The average molecular weight is 242 g/mol. The summed E-state index contributed by atoms with van der Waals surface area (Å²) in [5.41, 5.74) is 5.49. The molecule has 0 spiro atoms. The van der Waals surface area contributed by atoms with E-state index >= 15 is 0 Å². The molecular formula is C12H22N2O3. The lowest BCUT2D eigenvalue weighted by atomic mass is 9.92. The molecule has 0 radical (unpaired) electrons. The molecule has 0 aromatic carbocycles. The van der Waals surface area contributed by atoms with Crippen molar-refractivity contribution in [3.8, 4) is 0 Å². The Morgan fingerprint density at radius 1 is 1.53 bits per heavy atom. The maximum absolute atomic E-state index is 11.9. The first-order valence-electron chi connectivity index (χ1n) is 6.25. The van der Waals surface area contributed by atoms with E-state index in [1.165, 1.54) is 0 Å². The van der Waals surface area contributed by atoms with Crippen LogP contribution in [0.2, 0.25) is 0 Å². The van der Waals surface area contributed by atoms with E-state index in [9.17, 15) is 9.59 Å². The molecule has 3 N–H and O–H groups in total. The van der Waals surface area contributed by atoms with Gasteiger partial charge >= 0.3 is 5.97 Å². The molecule has 17 heavy (non-hydrogen) atoms. The highest BCUT2D eigenvalue weighted by Crippen LogP contribution is 2.22. The predicted octanol–water partition coefficient (Wildman–Crippen LogP) is 0.685. The van der Waals surface area contributed by atoms with Gasteiger partial charge in [-0.1, -0.05) is 6.92 Å². The number of nitrogens with two attached hydrogens (primary N) is 1. The van der Waals surface area contributed by atoms with Crippen molar-refractivity contribution in [2.45, 2.75) is 32.6 Å². The number of carboxylic acid groups (broad SMARTS) is 1. The highest BCUT2D eigenvalue weighted by Gasteiger charge is 2.26. The van der Waals surface area contributed by atoms with Crippen molar-refractivity contribution in [3.63, 3.8) is 0 Å². The van der Waals surface area contributed by atoms with Crippen LogP contribution in [0.15, 0.2) is 0 Å². The second kappa shape index (κ2) is 6.59. The lowest BCUT2D eigenvalue weighted by molar-refractivity contribution is -0.137. The number of rotatable bonds is 5. The SMILES string of the molecule is CC(CN)C(=O)N1CCCC(CCC(=O)O)C1. The lowest BCUT2D eigenvalue weighted by Gasteiger charge is -2.34. The first-order chi connectivity index (χ1) is 8.04. The number of carbonyl (C=O) groups excluding carboxylic acids is 1. The van der Waals surface area contributed by atoms with E-state index in [4.69, 9.17) is 10.8 Å². The number of aliphatic carboxylic acids is 1. The number of hydrogen-bond donors (Lipinski definition) is 2. The Bertz CT molecular complexity index is 281. The molecule has 2 atom stereocenters. The minimum absolute atomic E-state index is 0.104. The number of carbonyl (C=O) groups is 2. The largest absolute Gasteiger partial charge is 0.481 e. The first-order valence-corrected chi connectivity index (χ1v) is 6.25. The number of carboxylic acids is 1. The van der Waals surface area contributed by atoms with E-state index in [2.05, 4.69) is 0 Å². The Hall–Kier alpha value is -1.10. The van der Waals surface area contributed by atoms with Gasteiger partial charge in [0.1, 0.15) is 0 Å². The van der Waals surface area contributed by atoms with Crippen molar-refractivity contribution in [3.05, 3.63) is 0 Å². The molecule has 5 heteroatoms. The number of likely N-dealkylation sites (tertiary alicyclic amines) is 1. The molecule has 1 amide bonds. The van der Waals surface area contributed by atoms with Crippen molar-refractivity contribution in [1.82, 2.24) is 4.90 Å². The number of amides is 1. The Morgan fingerprint density at radius 3 is 2.82 bits per heavy atom. The highest BCUT2D eigenvalue weighted by atomic mass is 16.4. The molecule has 5 nitrogen and oxygen atoms in total. The monoisotopic (exact) mass is 242 g/mol. The Balaban J connectivity index is 2.43. The summed E-state index contributed by atoms with van der Waals surface area (Å²) in [5, 5.41) is 8.65. The summed E-state index contributed by atoms with van der Waals surface area (Å²) in [4.78, 5) is 24.3. The fourth-order valence-corrected chi connectivity index (χ4v) is 2.24. The summed E-state index contributed by atoms with van der Waals surface area (Å²) >= 11 is 0. The van der Waals surface area contributed by atoms with Crippen LogP contribution in [0.1, 0.15) is 32.6 Å². The molecule has 0 saturated carbocycles. The van der Waals surface area contributed by atoms with E-state index in [0.29, 0.717) is 25.4 Å². The van der Waals surface area contributed by atoms with E-state index in [-0.39, 0.29) is 18.2 Å². The van der Waals surface area contributed by atoms with Crippen LogP contribution in [0.3, 0.4) is 0 Å². The topological polar surface area (TPSA) is 83.6 Å². The molecule has 1 fully saturated rings. The van der Waals surface area contributed by atoms with Crippen molar-refractivity contribution in [2.75, 3.05) is 19.6 Å². The minimum Gasteiger partial charge on any atom is -0.481 e. The maximum Gasteiger partial charge on any atom is 0.303 e. The Labute approximate surface area is 102 Å². The van der Waals surface area contributed by atoms with Gasteiger partial charge in [0.15, 0.2) is 0 Å². The van der Waals surface area contributed by atoms with Crippen LogP contribution in [0, 0.1) is 11.8 Å². The molecule has 0 aromatic rings. The summed E-state index contributed by atoms with van der Waals surface area (Å²) in [5.74, 6) is -0.460. The van der Waals surface area contributed by atoms with Gasteiger partial charge in [0, 0.05) is 32.0 Å². The summed E-state index contributed by atoms with van der Waals surface area (Å²) in [6.45, 7) is 3.68. The van der Waals surface area contributed by atoms with E-state index < -0.39 is 5.97 Å². The van der Waals surface area contributed by atoms with Crippen LogP contribution in [0.4, 0.5) is 0 Å². The second-order valence-electron chi connectivity index (χ2n) is 4.86. The molecule has 0 bridgehead atoms. The normalized spacial score (nSPS) is 22.2. The zero-order valence-electron chi connectivity index (χ0n) is 10.4. The second-order valence-corrected chi connectivity index (χ2v) is 4.86. The van der Waals surface area contributed by atoms with Crippen LogP contribution in [-0.2, 0) is 9.59 Å². The van der Waals surface area contributed by atoms with Crippen molar-refractivity contribution in [1.29, 1.82) is 0 Å². The zero-order chi connectivity index (χ0) is 12.8. The fourth-order valence-electron chi connectivity index (χ4n) is 2.24. The van der Waals surface area contributed by atoms with Gasteiger partial charge in [0.25, 0.3) is 0 Å². The third kappa shape index (κ3) is 4.34. The molecular weight excluding hydrogens is 220 g/mol. The zero-order valence-corrected chi connectivity index (χ0v) is 10.4. The van der Waals surface area contributed by atoms with Crippen molar-refractivity contribution in [2.24, 2.45) is 17.6 Å². The van der Waals surface area contributed by atoms with Gasteiger partial charge in [-0.2, -0.15) is 0 Å². The smallest absolute Gasteiger partial charge is 0.303 e. The van der Waals surface area contributed by atoms with Crippen molar-refractivity contribution < 1.29 is 14.7 Å². The number of nitrogens with zero attached hydrogens (tertiary/aromatic N) is 1. The Morgan fingerprint density at radius 2 is 2.24 bits per heavy atom. The van der Waals surface area contributed by atoms with Crippen LogP contribution >= 0.6 is 0 Å². The molecule has 2 unspecified atom stereocenters. The van der Waals surface area contributed by atoms with Gasteiger partial charge in [-0.3, -0.25) is 9.59 Å². The van der Waals surface area contributed by atoms with E-state index in [1.54, 1.807) is 0 Å². The number of hydrogen-bond acceptors (Lipinski definition) is 3. The van der Waals surface area contributed by atoms with Gasteiger partial charge in [-0.05, 0) is 25.2 Å². The average Bonchev–Trinajstić information content (AvgIpc) is 2.34. The number of piperidine rings is 1. The molecule has 1 saturated heterocycles. The summed E-state index contributed by atoms with van der Waals surface area (Å²) in [7, 11) is 0. The third-order valence-corrected chi connectivity index (χ3v) is 3.37. The van der Waals surface area contributed by atoms with Crippen LogP contribution in [0.5, 0.6) is 0 Å². The lowest BCUT2D eigenvalue weighted by Crippen LogP contribution is -2.44. The third-order valence-electron chi connectivity index (χ3n) is 3.37. The van der Waals surface area contributed by atoms with Crippen LogP contribution in [-0.4, -0.2) is 41.5 Å². The van der Waals surface area contributed by atoms with E-state index in [1.807, 2.05) is 11.8 Å². The molecule has 0 aromatic heterocycles. The minimum atomic E-state index is -0.760. The van der Waals surface area contributed by atoms with Gasteiger partial charge in [-0.25, -0.2) is 0 Å². The summed E-state index contributed by atoms with van der Waals surface area (Å²) in [6, 6.07) is 0. The molecule has 1 rings (SSSR count). The Kier molecular flexibility index (Phi) is 5.41. The first kappa shape index (κ1) is 14.0. The van der Waals surface area contributed by atoms with Gasteiger partial charge < -0.3 is 15.7 Å². The standard InChI is InChI=1S/C12H22N2O3/c1-9(7-13)12(17)14-6-2-3-10(8-14)4-5-11(15)16/h9-10H,2-8,13H2,1H3,(H,15,16). The fraction of sp³-hybridized carbons (Fsp3) is 0.833. The van der Waals surface area contributed by atoms with Crippen molar-refractivity contribution >= 4 is 11.9 Å². The predicted molar refractivity (Wildman–Crippen MR) is 64.4 cm³/mol. The molecule has 1 heterocycles. The molecule has 1 aliphatic heterocycles. The van der Waals surface area contributed by atoms with Crippen LogP contribution in [0.25, 0.3) is 0 Å². The van der Waals surface area contributed by atoms with Gasteiger partial charge in [0.05, 0.1) is 0 Å². The molecule has 98 valence electrons. The highest BCUT2D eigenvalue weighted by molar-refractivity contribution is 5.78. The van der Waals surface area contributed by atoms with E-state index in [0.717, 1.165) is 19.4 Å². The summed E-state index contributed by atoms with van der Waals surface area (Å²) < 4.78 is 0. The maximum atomic E-state index is 11.9. The quantitative estimate of drug-likeness (QED) is 0.742. The molecule has 1 aliphatic rings. The van der Waals surface area contributed by atoms with Crippen LogP contribution < -0.4 is 5.73 Å². The molecule has 0 aliphatic carbocycles.